The predicted octanol–water partition coefficient (Wildman–Crippen LogP) is 2.95. The van der Waals surface area contributed by atoms with Gasteiger partial charge in [-0.2, -0.15) is 15.0 Å². The molecule has 2 aromatic rings. The molecule has 0 saturated carbocycles. The van der Waals surface area contributed by atoms with Crippen LogP contribution in [0.5, 0.6) is 6.01 Å². The van der Waals surface area contributed by atoms with Crippen LogP contribution >= 0.6 is 11.6 Å². The van der Waals surface area contributed by atoms with Gasteiger partial charge in [0.05, 0.1) is 17.3 Å². The first-order chi connectivity index (χ1) is 9.60. The van der Waals surface area contributed by atoms with E-state index in [0.717, 1.165) is 17.7 Å². The van der Waals surface area contributed by atoms with E-state index in [1.165, 1.54) is 0 Å². The second kappa shape index (κ2) is 6.38. The minimum Gasteiger partial charge on any atom is -0.463 e. The maximum absolute atomic E-state index is 6.15. The van der Waals surface area contributed by atoms with Crippen LogP contribution < -0.4 is 15.8 Å². The van der Waals surface area contributed by atoms with Crippen molar-refractivity contribution in [3.63, 3.8) is 0 Å². The molecule has 0 aliphatic rings. The highest BCUT2D eigenvalue weighted by atomic mass is 35.5. The summed E-state index contributed by atoms with van der Waals surface area (Å²) in [6.07, 6.45) is 0.859. The summed E-state index contributed by atoms with van der Waals surface area (Å²) in [6, 6.07) is 5.80. The third-order valence-electron chi connectivity index (χ3n) is 2.53. The molecular formula is C13H16ClN5O. The second-order valence-electron chi connectivity index (χ2n) is 4.20. The third-order valence-corrected chi connectivity index (χ3v) is 2.84. The van der Waals surface area contributed by atoms with Gasteiger partial charge in [0.25, 0.3) is 0 Å². The van der Waals surface area contributed by atoms with Crippen molar-refractivity contribution in [3.8, 4) is 6.01 Å². The first-order valence-electron chi connectivity index (χ1n) is 6.26. The fraction of sp³-hybridized carbons (Fsp3) is 0.308. The van der Waals surface area contributed by atoms with Crippen molar-refractivity contribution in [1.82, 2.24) is 15.0 Å². The van der Waals surface area contributed by atoms with Crippen molar-refractivity contribution in [2.24, 2.45) is 0 Å². The number of aromatic nitrogens is 3. The van der Waals surface area contributed by atoms with Crippen LogP contribution in [0.4, 0.5) is 17.6 Å². The summed E-state index contributed by atoms with van der Waals surface area (Å²) in [7, 11) is 0. The molecule has 0 atom stereocenters. The van der Waals surface area contributed by atoms with Crippen LogP contribution in [0, 0.1) is 6.92 Å². The summed E-state index contributed by atoms with van der Waals surface area (Å²) in [5.74, 6) is 0.401. The maximum atomic E-state index is 6.15. The number of rotatable bonds is 5. The summed E-state index contributed by atoms with van der Waals surface area (Å²) >= 11 is 6.15. The first-order valence-corrected chi connectivity index (χ1v) is 6.64. The van der Waals surface area contributed by atoms with Crippen LogP contribution in [0.25, 0.3) is 0 Å². The number of halogens is 1. The van der Waals surface area contributed by atoms with Gasteiger partial charge in [-0.05, 0) is 25.0 Å². The quantitative estimate of drug-likeness (QED) is 0.881. The molecule has 0 saturated heterocycles. The Morgan fingerprint density at radius 1 is 1.30 bits per heavy atom. The summed E-state index contributed by atoms with van der Waals surface area (Å²) in [4.78, 5) is 12.1. The molecule has 0 aliphatic carbocycles. The van der Waals surface area contributed by atoms with E-state index in [9.17, 15) is 0 Å². The van der Waals surface area contributed by atoms with Crippen LogP contribution in [0.3, 0.4) is 0 Å². The SMILES string of the molecule is CCCOc1nc(N)nc(Nc2c(C)cccc2Cl)n1. The van der Waals surface area contributed by atoms with Crippen molar-refractivity contribution in [3.05, 3.63) is 28.8 Å². The lowest BCUT2D eigenvalue weighted by Crippen LogP contribution is -2.08. The Kier molecular flexibility index (Phi) is 4.57. The van der Waals surface area contributed by atoms with E-state index in [-0.39, 0.29) is 12.0 Å². The van der Waals surface area contributed by atoms with Gasteiger partial charge in [0.2, 0.25) is 11.9 Å². The fourth-order valence-electron chi connectivity index (χ4n) is 1.59. The van der Waals surface area contributed by atoms with E-state index in [4.69, 9.17) is 22.1 Å². The average molecular weight is 294 g/mol. The van der Waals surface area contributed by atoms with Crippen LogP contribution in [0.1, 0.15) is 18.9 Å². The third kappa shape index (κ3) is 3.48. The maximum Gasteiger partial charge on any atom is 0.323 e. The van der Waals surface area contributed by atoms with E-state index in [0.29, 0.717) is 17.6 Å². The summed E-state index contributed by atoms with van der Waals surface area (Å²) in [6.45, 7) is 4.46. The molecule has 20 heavy (non-hydrogen) atoms. The topological polar surface area (TPSA) is 86.0 Å². The van der Waals surface area contributed by atoms with Crippen molar-refractivity contribution in [2.75, 3.05) is 17.7 Å². The van der Waals surface area contributed by atoms with E-state index in [1.807, 2.05) is 26.0 Å². The summed E-state index contributed by atoms with van der Waals surface area (Å²) < 4.78 is 5.36. The van der Waals surface area contributed by atoms with Gasteiger partial charge in [-0.25, -0.2) is 0 Å². The lowest BCUT2D eigenvalue weighted by molar-refractivity contribution is 0.292. The standard InChI is InChI=1S/C13H16ClN5O/c1-3-7-20-13-18-11(15)17-12(19-13)16-10-8(2)5-4-6-9(10)14/h4-6H,3,7H2,1-2H3,(H3,15,16,17,18,19). The van der Waals surface area contributed by atoms with Crippen LogP contribution in [-0.2, 0) is 0 Å². The number of anilines is 3. The monoisotopic (exact) mass is 293 g/mol. The van der Waals surface area contributed by atoms with E-state index < -0.39 is 0 Å². The number of para-hydroxylation sites is 1. The second-order valence-corrected chi connectivity index (χ2v) is 4.61. The number of hydrogen-bond acceptors (Lipinski definition) is 6. The Hall–Kier alpha value is -2.08. The zero-order valence-corrected chi connectivity index (χ0v) is 12.1. The lowest BCUT2D eigenvalue weighted by atomic mass is 10.2. The molecule has 2 rings (SSSR count). The molecule has 0 bridgehead atoms. The zero-order valence-electron chi connectivity index (χ0n) is 11.4. The molecule has 1 heterocycles. The largest absolute Gasteiger partial charge is 0.463 e. The van der Waals surface area contributed by atoms with Crippen molar-refractivity contribution in [2.45, 2.75) is 20.3 Å². The molecule has 0 aliphatic heterocycles. The number of nitrogens with one attached hydrogen (secondary N) is 1. The Morgan fingerprint density at radius 3 is 2.80 bits per heavy atom. The van der Waals surface area contributed by atoms with Gasteiger partial charge in [0, 0.05) is 0 Å². The number of benzene rings is 1. The van der Waals surface area contributed by atoms with Crippen molar-refractivity contribution < 1.29 is 4.74 Å². The number of nitrogens with zero attached hydrogens (tertiary/aromatic N) is 3. The van der Waals surface area contributed by atoms with Crippen LogP contribution in [0.2, 0.25) is 5.02 Å². The molecule has 0 spiro atoms. The molecular weight excluding hydrogens is 278 g/mol. The number of hydrogen-bond donors (Lipinski definition) is 2. The number of nitrogens with two attached hydrogens (primary N) is 1. The molecule has 0 radical (unpaired) electrons. The predicted molar refractivity (Wildman–Crippen MR) is 79.5 cm³/mol. The molecule has 0 fully saturated rings. The van der Waals surface area contributed by atoms with Crippen LogP contribution in [0.15, 0.2) is 18.2 Å². The minimum atomic E-state index is 0.0957. The first kappa shape index (κ1) is 14.3. The Labute approximate surface area is 122 Å². The van der Waals surface area contributed by atoms with Gasteiger partial charge in [-0.3, -0.25) is 0 Å². The number of ether oxygens (including phenoxy) is 1. The van der Waals surface area contributed by atoms with Gasteiger partial charge in [-0.15, -0.1) is 0 Å². The highest BCUT2D eigenvalue weighted by Crippen LogP contribution is 2.27. The van der Waals surface area contributed by atoms with Gasteiger partial charge in [0.15, 0.2) is 0 Å². The Balaban J connectivity index is 2.27. The van der Waals surface area contributed by atoms with Crippen LogP contribution in [-0.4, -0.2) is 21.6 Å². The van der Waals surface area contributed by atoms with Crippen molar-refractivity contribution in [1.29, 1.82) is 0 Å². The van der Waals surface area contributed by atoms with Gasteiger partial charge < -0.3 is 15.8 Å². The van der Waals surface area contributed by atoms with Crippen molar-refractivity contribution >= 4 is 29.2 Å². The smallest absolute Gasteiger partial charge is 0.323 e. The van der Waals surface area contributed by atoms with Gasteiger partial charge >= 0.3 is 6.01 Å². The number of aryl methyl sites for hydroxylation is 1. The van der Waals surface area contributed by atoms with E-state index in [1.54, 1.807) is 6.07 Å². The molecule has 7 heteroatoms. The number of nitrogen functional groups attached to an aromatic ring is 1. The molecule has 6 nitrogen and oxygen atoms in total. The molecule has 1 aromatic carbocycles. The fourth-order valence-corrected chi connectivity index (χ4v) is 1.86. The summed E-state index contributed by atoms with van der Waals surface area (Å²) in [5.41, 5.74) is 7.36. The average Bonchev–Trinajstić information content (AvgIpc) is 2.40. The minimum absolute atomic E-state index is 0.0957. The van der Waals surface area contributed by atoms with E-state index >= 15 is 0 Å². The lowest BCUT2D eigenvalue weighted by Gasteiger charge is -2.11. The summed E-state index contributed by atoms with van der Waals surface area (Å²) in [5, 5.41) is 3.63. The van der Waals surface area contributed by atoms with Gasteiger partial charge in [0.1, 0.15) is 0 Å². The highest BCUT2D eigenvalue weighted by molar-refractivity contribution is 6.33. The normalized spacial score (nSPS) is 10.3. The Bertz CT molecular complexity index is 585. The zero-order chi connectivity index (χ0) is 14.5. The van der Waals surface area contributed by atoms with E-state index in [2.05, 4.69) is 20.3 Å². The molecule has 0 amide bonds. The molecule has 0 unspecified atom stereocenters. The Morgan fingerprint density at radius 2 is 2.10 bits per heavy atom. The highest BCUT2D eigenvalue weighted by Gasteiger charge is 2.09. The van der Waals surface area contributed by atoms with Gasteiger partial charge in [-0.1, -0.05) is 30.7 Å². The molecule has 3 N–H and O–H groups in total. The molecule has 106 valence electrons. The molecule has 1 aromatic heterocycles.